The van der Waals surface area contributed by atoms with Gasteiger partial charge in [-0.25, -0.2) is 0 Å². The lowest BCUT2D eigenvalue weighted by molar-refractivity contribution is -0.142. The predicted octanol–water partition coefficient (Wildman–Crippen LogP) is 0.130. The number of hydrogen-bond donors (Lipinski definition) is 2. The van der Waals surface area contributed by atoms with E-state index in [-0.39, 0.29) is 11.9 Å². The first-order valence-electron chi connectivity index (χ1n) is 7.14. The average molecular weight is 305 g/mol. The number of nitrogens with one attached hydrogen (secondary N) is 1. The van der Waals surface area contributed by atoms with Crippen LogP contribution in [0.15, 0.2) is 24.3 Å². The Hall–Kier alpha value is -1.53. The fourth-order valence-corrected chi connectivity index (χ4v) is 3.86. The zero-order chi connectivity index (χ0) is 14.8. The quantitative estimate of drug-likeness (QED) is 0.814. The summed E-state index contributed by atoms with van der Waals surface area (Å²) in [5, 5.41) is 3.24. The Morgan fingerprint density at radius 2 is 2.05 bits per heavy atom. The van der Waals surface area contributed by atoms with Gasteiger partial charge in [-0.3, -0.25) is 9.59 Å². The van der Waals surface area contributed by atoms with E-state index in [1.807, 2.05) is 24.3 Å². The Kier molecular flexibility index (Phi) is 4.17. The maximum absolute atomic E-state index is 12.7. The number of nitrogens with two attached hydrogens (primary N) is 1. The Balaban J connectivity index is 1.85. The third-order valence-corrected chi connectivity index (χ3v) is 5.14. The van der Waals surface area contributed by atoms with Gasteiger partial charge in [-0.1, -0.05) is 24.3 Å². The van der Waals surface area contributed by atoms with Crippen LogP contribution in [0.5, 0.6) is 0 Å². The maximum atomic E-state index is 12.7. The number of fused-ring (bicyclic) bond motifs is 1. The molecule has 0 aliphatic carbocycles. The van der Waals surface area contributed by atoms with Gasteiger partial charge in [-0.05, 0) is 11.1 Å². The number of rotatable bonds is 2. The SMILES string of the molecule is NC(=O)[C@@H]1Cc2ccccc2CN1C(=O)C1CSCCN1. The number of amides is 2. The number of primary amides is 1. The zero-order valence-electron chi connectivity index (χ0n) is 11.7. The fourth-order valence-electron chi connectivity index (χ4n) is 2.93. The Morgan fingerprint density at radius 3 is 2.71 bits per heavy atom. The molecule has 112 valence electrons. The first-order chi connectivity index (χ1) is 10.2. The van der Waals surface area contributed by atoms with E-state index in [1.54, 1.807) is 16.7 Å². The van der Waals surface area contributed by atoms with E-state index < -0.39 is 11.9 Å². The van der Waals surface area contributed by atoms with Crippen molar-refractivity contribution in [3.63, 3.8) is 0 Å². The molecule has 1 aromatic rings. The highest BCUT2D eigenvalue weighted by Gasteiger charge is 2.36. The molecule has 0 aromatic heterocycles. The first kappa shape index (κ1) is 14.4. The third-order valence-electron chi connectivity index (χ3n) is 4.08. The van der Waals surface area contributed by atoms with Crippen LogP contribution in [-0.2, 0) is 22.6 Å². The summed E-state index contributed by atoms with van der Waals surface area (Å²) in [5.41, 5.74) is 7.73. The van der Waals surface area contributed by atoms with E-state index in [1.165, 1.54) is 0 Å². The summed E-state index contributed by atoms with van der Waals surface area (Å²) in [6, 6.07) is 7.17. The summed E-state index contributed by atoms with van der Waals surface area (Å²) in [4.78, 5) is 26.1. The van der Waals surface area contributed by atoms with Crippen LogP contribution in [0, 0.1) is 0 Å². The van der Waals surface area contributed by atoms with Crippen molar-refractivity contribution in [2.24, 2.45) is 5.73 Å². The highest BCUT2D eigenvalue weighted by atomic mass is 32.2. The highest BCUT2D eigenvalue weighted by molar-refractivity contribution is 7.99. The van der Waals surface area contributed by atoms with Crippen LogP contribution < -0.4 is 11.1 Å². The molecule has 2 aliphatic heterocycles. The lowest BCUT2D eigenvalue weighted by atomic mass is 9.93. The molecule has 0 saturated carbocycles. The van der Waals surface area contributed by atoms with Crippen LogP contribution in [0.2, 0.25) is 0 Å². The molecule has 0 spiro atoms. The monoisotopic (exact) mass is 305 g/mol. The van der Waals surface area contributed by atoms with Crippen LogP contribution in [-0.4, -0.2) is 46.8 Å². The minimum absolute atomic E-state index is 0.0134. The van der Waals surface area contributed by atoms with Gasteiger partial charge < -0.3 is 16.0 Å². The summed E-state index contributed by atoms with van der Waals surface area (Å²) >= 11 is 1.76. The van der Waals surface area contributed by atoms with Crippen LogP contribution in [0.4, 0.5) is 0 Å². The van der Waals surface area contributed by atoms with Gasteiger partial charge in [0.25, 0.3) is 0 Å². The van der Waals surface area contributed by atoms with E-state index in [0.717, 1.165) is 29.2 Å². The number of carbonyl (C=O) groups excluding carboxylic acids is 2. The second-order valence-corrected chi connectivity index (χ2v) is 6.59. The molecule has 1 saturated heterocycles. The lowest BCUT2D eigenvalue weighted by Gasteiger charge is -2.38. The number of thioether (sulfide) groups is 1. The number of carbonyl (C=O) groups is 2. The van der Waals surface area contributed by atoms with E-state index in [9.17, 15) is 9.59 Å². The van der Waals surface area contributed by atoms with Crippen molar-refractivity contribution in [2.75, 3.05) is 18.1 Å². The Labute approximate surface area is 128 Å². The topological polar surface area (TPSA) is 75.4 Å². The van der Waals surface area contributed by atoms with Gasteiger partial charge in [0, 0.05) is 31.0 Å². The van der Waals surface area contributed by atoms with E-state index in [2.05, 4.69) is 5.32 Å². The van der Waals surface area contributed by atoms with Crippen molar-refractivity contribution in [3.8, 4) is 0 Å². The van der Waals surface area contributed by atoms with Gasteiger partial charge in [0.15, 0.2) is 0 Å². The van der Waals surface area contributed by atoms with E-state index in [4.69, 9.17) is 5.73 Å². The fraction of sp³-hybridized carbons (Fsp3) is 0.467. The first-order valence-corrected chi connectivity index (χ1v) is 8.30. The van der Waals surface area contributed by atoms with Crippen LogP contribution >= 0.6 is 11.8 Å². The van der Waals surface area contributed by atoms with Crippen LogP contribution in [0.1, 0.15) is 11.1 Å². The highest BCUT2D eigenvalue weighted by Crippen LogP contribution is 2.24. The van der Waals surface area contributed by atoms with Gasteiger partial charge in [0.1, 0.15) is 6.04 Å². The van der Waals surface area contributed by atoms with E-state index >= 15 is 0 Å². The molecule has 1 unspecified atom stereocenters. The zero-order valence-corrected chi connectivity index (χ0v) is 12.6. The predicted molar refractivity (Wildman–Crippen MR) is 82.8 cm³/mol. The van der Waals surface area contributed by atoms with Gasteiger partial charge in [-0.15, -0.1) is 0 Å². The smallest absolute Gasteiger partial charge is 0.241 e. The largest absolute Gasteiger partial charge is 0.368 e. The van der Waals surface area contributed by atoms with Gasteiger partial charge in [0.05, 0.1) is 6.04 Å². The van der Waals surface area contributed by atoms with Crippen molar-refractivity contribution in [1.29, 1.82) is 0 Å². The Morgan fingerprint density at radius 1 is 1.29 bits per heavy atom. The number of nitrogens with zero attached hydrogens (tertiary/aromatic N) is 1. The molecule has 1 fully saturated rings. The van der Waals surface area contributed by atoms with Gasteiger partial charge in [-0.2, -0.15) is 11.8 Å². The molecule has 0 radical (unpaired) electrons. The molecule has 3 N–H and O–H groups in total. The van der Waals surface area contributed by atoms with Crippen molar-refractivity contribution in [2.45, 2.75) is 25.0 Å². The van der Waals surface area contributed by atoms with Crippen molar-refractivity contribution in [3.05, 3.63) is 35.4 Å². The maximum Gasteiger partial charge on any atom is 0.241 e. The molecule has 1 aromatic carbocycles. The van der Waals surface area contributed by atoms with Crippen molar-refractivity contribution < 1.29 is 9.59 Å². The molecular weight excluding hydrogens is 286 g/mol. The molecule has 5 nitrogen and oxygen atoms in total. The second kappa shape index (κ2) is 6.07. The minimum Gasteiger partial charge on any atom is -0.368 e. The summed E-state index contributed by atoms with van der Waals surface area (Å²) in [6.45, 7) is 1.29. The van der Waals surface area contributed by atoms with Crippen molar-refractivity contribution >= 4 is 23.6 Å². The standard InChI is InChI=1S/C15H19N3O2S/c16-14(19)13-7-10-3-1-2-4-11(10)8-18(13)15(20)12-9-21-6-5-17-12/h1-4,12-13,17H,5-9H2,(H2,16,19)/t12?,13-/m0/s1. The molecule has 3 rings (SSSR count). The molecule has 6 heteroatoms. The van der Waals surface area contributed by atoms with E-state index in [0.29, 0.717) is 13.0 Å². The summed E-state index contributed by atoms with van der Waals surface area (Å²) in [6.07, 6.45) is 0.511. The molecule has 0 bridgehead atoms. The lowest BCUT2D eigenvalue weighted by Crippen LogP contribution is -2.58. The normalized spacial score (nSPS) is 25.2. The number of benzene rings is 1. The molecule has 21 heavy (non-hydrogen) atoms. The second-order valence-electron chi connectivity index (χ2n) is 5.44. The van der Waals surface area contributed by atoms with Crippen LogP contribution in [0.3, 0.4) is 0 Å². The molecule has 2 heterocycles. The molecular formula is C15H19N3O2S. The average Bonchev–Trinajstić information content (AvgIpc) is 2.53. The van der Waals surface area contributed by atoms with Crippen LogP contribution in [0.25, 0.3) is 0 Å². The number of hydrogen-bond acceptors (Lipinski definition) is 4. The van der Waals surface area contributed by atoms with Crippen molar-refractivity contribution in [1.82, 2.24) is 10.2 Å². The summed E-state index contributed by atoms with van der Waals surface area (Å²) < 4.78 is 0. The Bertz CT molecular complexity index is 558. The summed E-state index contributed by atoms with van der Waals surface area (Å²) in [7, 11) is 0. The third kappa shape index (κ3) is 2.91. The molecule has 2 amide bonds. The molecule has 2 aliphatic rings. The van der Waals surface area contributed by atoms with Gasteiger partial charge in [0.2, 0.25) is 11.8 Å². The summed E-state index contributed by atoms with van der Waals surface area (Å²) in [5.74, 6) is 1.33. The van der Waals surface area contributed by atoms with Gasteiger partial charge >= 0.3 is 0 Å². The molecule has 2 atom stereocenters. The minimum atomic E-state index is -0.541.